The van der Waals surface area contributed by atoms with Gasteiger partial charge in [-0.2, -0.15) is 0 Å². The second-order valence-corrected chi connectivity index (χ2v) is 1.57. The van der Waals surface area contributed by atoms with Crippen molar-refractivity contribution >= 4 is 14.3 Å². The average Bonchev–Trinajstić information content (AvgIpc) is 1.35. The molecule has 0 aromatic heterocycles. The fourth-order valence-electron chi connectivity index (χ4n) is 0. The highest BCUT2D eigenvalue weighted by Crippen LogP contribution is 1.98. The van der Waals surface area contributed by atoms with Crippen LogP contribution in [0, 0.1) is 0 Å². The predicted molar refractivity (Wildman–Crippen MR) is 21.2 cm³/mol. The number of hydrogen-bond donors (Lipinski definition) is 1. The SMILES string of the molecule is [2H]OPC(C)=O. The van der Waals surface area contributed by atoms with Gasteiger partial charge in [0.2, 0.25) is 1.43 Å². The molecule has 1 atom stereocenters. The van der Waals surface area contributed by atoms with Crippen LogP contribution in [0.4, 0.5) is 0 Å². The molecular formula is C2H5O2P. The first kappa shape index (κ1) is 3.26. The summed E-state index contributed by atoms with van der Waals surface area (Å²) in [7, 11) is -0.301. The van der Waals surface area contributed by atoms with Crippen molar-refractivity contribution in [3.8, 4) is 0 Å². The van der Waals surface area contributed by atoms with E-state index in [9.17, 15) is 4.79 Å². The summed E-state index contributed by atoms with van der Waals surface area (Å²) in [5, 5.41) is 0. The van der Waals surface area contributed by atoms with Gasteiger partial charge in [-0.3, -0.25) is 4.79 Å². The molecule has 0 radical (unpaired) electrons. The number of carbonyl (C=O) groups excluding carboxylic acids is 1. The lowest BCUT2D eigenvalue weighted by Crippen LogP contribution is -1.69. The zero-order valence-corrected chi connectivity index (χ0v) is 3.82. The standard InChI is InChI=1S/C2H5O2P/c1-2(3)5-4/h4-5H,1H3/i4D. The van der Waals surface area contributed by atoms with Crippen LogP contribution in [0.5, 0.6) is 0 Å². The average molecular weight is 93.0 g/mol. The quantitative estimate of drug-likeness (QED) is 0.492. The molecule has 0 heterocycles. The summed E-state index contributed by atoms with van der Waals surface area (Å²) in [4.78, 5) is 13.5. The van der Waals surface area contributed by atoms with Gasteiger partial charge in [0.15, 0.2) is 5.52 Å². The van der Waals surface area contributed by atoms with E-state index in [1.807, 2.05) is 0 Å². The van der Waals surface area contributed by atoms with Crippen LogP contribution in [0.15, 0.2) is 0 Å². The molecule has 3 heteroatoms. The third kappa shape index (κ3) is 4.06. The maximum Gasteiger partial charge on any atom is 0.216 e. The first-order chi connectivity index (χ1) is 2.77. The minimum Gasteiger partial charge on any atom is -0.369 e. The summed E-state index contributed by atoms with van der Waals surface area (Å²) in [6.07, 6.45) is 0. The van der Waals surface area contributed by atoms with Crippen molar-refractivity contribution in [1.82, 2.24) is 0 Å². The largest absolute Gasteiger partial charge is 0.369 e. The van der Waals surface area contributed by atoms with Crippen molar-refractivity contribution < 1.29 is 9.69 Å². The monoisotopic (exact) mass is 93.0 g/mol. The molecule has 0 spiro atoms. The molecule has 0 rings (SSSR count). The number of carbonyl (C=O) groups is 1. The van der Waals surface area contributed by atoms with Crippen LogP contribution in [0.2, 0.25) is 0 Å². The Morgan fingerprint density at radius 3 is 3.00 bits per heavy atom. The van der Waals surface area contributed by atoms with Gasteiger partial charge in [0, 0.05) is 6.92 Å². The molecule has 0 aliphatic rings. The third-order valence-corrected chi connectivity index (χ3v) is 0.431. The molecule has 5 heavy (non-hydrogen) atoms. The second kappa shape index (κ2) is 2.31. The number of rotatable bonds is 2. The van der Waals surface area contributed by atoms with E-state index in [0.29, 0.717) is 0 Å². The van der Waals surface area contributed by atoms with Crippen molar-refractivity contribution in [2.24, 2.45) is 0 Å². The van der Waals surface area contributed by atoms with Gasteiger partial charge in [-0.15, -0.1) is 0 Å². The van der Waals surface area contributed by atoms with Gasteiger partial charge in [0.05, 0.1) is 8.81 Å². The first-order valence-corrected chi connectivity index (χ1v) is 2.07. The van der Waals surface area contributed by atoms with Crippen LogP contribution >= 0.6 is 8.81 Å². The Balaban J connectivity index is 2.83. The first-order valence-electron chi connectivity index (χ1n) is 1.57. The van der Waals surface area contributed by atoms with Crippen LogP contribution in [-0.4, -0.2) is 11.9 Å². The lowest BCUT2D eigenvalue weighted by atomic mass is 10.9. The van der Waals surface area contributed by atoms with Crippen LogP contribution in [0.3, 0.4) is 0 Å². The van der Waals surface area contributed by atoms with Crippen LogP contribution in [-0.2, 0) is 4.79 Å². The lowest BCUT2D eigenvalue weighted by molar-refractivity contribution is -0.109. The van der Waals surface area contributed by atoms with Crippen molar-refractivity contribution in [2.45, 2.75) is 6.92 Å². The number of hydrogen-bond acceptors (Lipinski definition) is 2. The molecule has 0 saturated heterocycles. The molecule has 0 bridgehead atoms. The Morgan fingerprint density at radius 2 is 3.00 bits per heavy atom. The van der Waals surface area contributed by atoms with Crippen LogP contribution in [0.1, 0.15) is 6.92 Å². The van der Waals surface area contributed by atoms with Crippen molar-refractivity contribution in [1.29, 1.82) is 1.43 Å². The Kier molecular flexibility index (Phi) is 1.50. The molecule has 0 amide bonds. The highest BCUT2D eigenvalue weighted by molar-refractivity contribution is 7.52. The van der Waals surface area contributed by atoms with Crippen molar-refractivity contribution in [3.63, 3.8) is 0 Å². The molecule has 0 aliphatic heterocycles. The summed E-state index contributed by atoms with van der Waals surface area (Å²) >= 11 is 0. The van der Waals surface area contributed by atoms with E-state index in [4.69, 9.17) is 1.43 Å². The van der Waals surface area contributed by atoms with Gasteiger partial charge in [-0.05, 0) is 0 Å². The fraction of sp³-hybridized carbons (Fsp3) is 0.500. The van der Waals surface area contributed by atoms with E-state index in [1.165, 1.54) is 6.92 Å². The minimum atomic E-state index is -0.301. The molecule has 2 nitrogen and oxygen atoms in total. The molecule has 0 aliphatic carbocycles. The molecule has 0 saturated carbocycles. The summed E-state index contributed by atoms with van der Waals surface area (Å²) in [6.45, 7) is 1.38. The van der Waals surface area contributed by atoms with Gasteiger partial charge in [0.25, 0.3) is 0 Å². The molecule has 0 fully saturated rings. The van der Waals surface area contributed by atoms with Crippen LogP contribution < -0.4 is 0 Å². The summed E-state index contributed by atoms with van der Waals surface area (Å²) in [5.74, 6) is 0. The highest BCUT2D eigenvalue weighted by Gasteiger charge is 1.79. The topological polar surface area (TPSA) is 37.3 Å². The van der Waals surface area contributed by atoms with Gasteiger partial charge >= 0.3 is 0 Å². The Morgan fingerprint density at radius 1 is 2.40 bits per heavy atom. The molecule has 0 aromatic carbocycles. The van der Waals surface area contributed by atoms with E-state index in [0.717, 1.165) is 0 Å². The Hall–Kier alpha value is 0.0600. The Bertz CT molecular complexity index is 55.5. The smallest absolute Gasteiger partial charge is 0.216 e. The second-order valence-electron chi connectivity index (χ2n) is 0.658. The van der Waals surface area contributed by atoms with Gasteiger partial charge in [0.1, 0.15) is 0 Å². The highest BCUT2D eigenvalue weighted by atomic mass is 31.1. The molecular weight excluding hydrogens is 87.0 g/mol. The summed E-state index contributed by atoms with van der Waals surface area (Å²) in [6, 6.07) is 0. The van der Waals surface area contributed by atoms with E-state index in [2.05, 4.69) is 4.90 Å². The third-order valence-electron chi connectivity index (χ3n) is 0.144. The fourth-order valence-corrected chi connectivity index (χ4v) is 0. The summed E-state index contributed by atoms with van der Waals surface area (Å²) in [5.41, 5.74) is -0.0926. The van der Waals surface area contributed by atoms with E-state index < -0.39 is 0 Å². The maximum absolute atomic E-state index is 9.81. The van der Waals surface area contributed by atoms with Crippen LogP contribution in [0.25, 0.3) is 0 Å². The zero-order valence-electron chi connectivity index (χ0n) is 3.82. The molecule has 0 aromatic rings. The van der Waals surface area contributed by atoms with E-state index in [-0.39, 0.29) is 14.3 Å². The summed E-state index contributed by atoms with van der Waals surface area (Å²) < 4.78 is 6.02. The molecule has 30 valence electrons. The van der Waals surface area contributed by atoms with Gasteiger partial charge < -0.3 is 4.90 Å². The van der Waals surface area contributed by atoms with E-state index in [1.54, 1.807) is 0 Å². The maximum atomic E-state index is 9.81. The van der Waals surface area contributed by atoms with E-state index >= 15 is 0 Å². The molecule has 1 N–H and O–H groups in total. The van der Waals surface area contributed by atoms with Gasteiger partial charge in [-0.25, -0.2) is 0 Å². The van der Waals surface area contributed by atoms with Crippen molar-refractivity contribution in [2.75, 3.05) is 0 Å². The normalized spacial score (nSPS) is 12.6. The predicted octanol–water partition coefficient (Wildman–Crippen LogP) is 0.119. The lowest BCUT2D eigenvalue weighted by Gasteiger charge is -1.71. The molecule has 1 unspecified atom stereocenters. The minimum absolute atomic E-state index is 0.0926. The zero-order chi connectivity index (χ0) is 4.99. The van der Waals surface area contributed by atoms with Gasteiger partial charge in [-0.1, -0.05) is 0 Å². The Labute approximate surface area is 33.6 Å². The van der Waals surface area contributed by atoms with Crippen molar-refractivity contribution in [3.05, 3.63) is 0 Å².